The lowest BCUT2D eigenvalue weighted by Gasteiger charge is -2.43. The predicted octanol–water partition coefficient (Wildman–Crippen LogP) is 2.25. The smallest absolute Gasteiger partial charge is 0.220 e. The van der Waals surface area contributed by atoms with Crippen molar-refractivity contribution < 1.29 is 9.59 Å². The third-order valence-corrected chi connectivity index (χ3v) is 3.80. The van der Waals surface area contributed by atoms with Gasteiger partial charge in [0.25, 0.3) is 0 Å². The fourth-order valence-electron chi connectivity index (χ4n) is 2.84. The van der Waals surface area contributed by atoms with E-state index in [1.165, 1.54) is 0 Å². The standard InChI is InChI=1S/C13H23NO2/c1-5-11-7-12(6-2)13(9(3)15)14(8-11)10(4)16/h11-13H,5-8H2,1-4H3/t11?,12?,13-/m1/s1. The Kier molecular flexibility index (Phi) is 4.51. The van der Waals surface area contributed by atoms with Crippen LogP contribution in [0.3, 0.4) is 0 Å². The van der Waals surface area contributed by atoms with Crippen LogP contribution in [-0.4, -0.2) is 29.2 Å². The normalized spacial score (nSPS) is 30.2. The topological polar surface area (TPSA) is 37.4 Å². The van der Waals surface area contributed by atoms with Crippen LogP contribution in [0.4, 0.5) is 0 Å². The van der Waals surface area contributed by atoms with Gasteiger partial charge < -0.3 is 4.90 Å². The Bertz CT molecular complexity index is 275. The number of likely N-dealkylation sites (tertiary alicyclic amines) is 1. The van der Waals surface area contributed by atoms with Crippen molar-refractivity contribution in [3.63, 3.8) is 0 Å². The maximum absolute atomic E-state index is 11.7. The van der Waals surface area contributed by atoms with E-state index >= 15 is 0 Å². The Balaban J connectivity index is 2.91. The molecule has 0 radical (unpaired) electrons. The largest absolute Gasteiger partial charge is 0.332 e. The fraction of sp³-hybridized carbons (Fsp3) is 0.846. The molecule has 92 valence electrons. The summed E-state index contributed by atoms with van der Waals surface area (Å²) in [6.45, 7) is 8.20. The second kappa shape index (κ2) is 5.46. The molecule has 3 atom stereocenters. The van der Waals surface area contributed by atoms with Gasteiger partial charge in [0, 0.05) is 13.5 Å². The summed E-state index contributed by atoms with van der Waals surface area (Å²) in [5.41, 5.74) is 0. The Morgan fingerprint density at radius 3 is 2.19 bits per heavy atom. The van der Waals surface area contributed by atoms with E-state index in [1.807, 2.05) is 0 Å². The Morgan fingerprint density at radius 2 is 1.81 bits per heavy atom. The molecule has 3 heteroatoms. The van der Waals surface area contributed by atoms with Crippen molar-refractivity contribution in [1.82, 2.24) is 4.90 Å². The summed E-state index contributed by atoms with van der Waals surface area (Å²) < 4.78 is 0. The molecule has 16 heavy (non-hydrogen) atoms. The van der Waals surface area contributed by atoms with Crippen LogP contribution in [0.5, 0.6) is 0 Å². The van der Waals surface area contributed by atoms with Gasteiger partial charge >= 0.3 is 0 Å². The number of hydrogen-bond acceptors (Lipinski definition) is 2. The number of ketones is 1. The molecule has 0 N–H and O–H groups in total. The van der Waals surface area contributed by atoms with Crippen LogP contribution in [0.25, 0.3) is 0 Å². The van der Waals surface area contributed by atoms with E-state index in [4.69, 9.17) is 0 Å². The first-order valence-electron chi connectivity index (χ1n) is 6.28. The first-order valence-corrected chi connectivity index (χ1v) is 6.28. The SMILES string of the molecule is CCC1CC(CC)[C@@H](C(C)=O)N(C(C)=O)C1. The predicted molar refractivity (Wildman–Crippen MR) is 64.0 cm³/mol. The molecule has 0 aliphatic carbocycles. The first-order chi connectivity index (χ1) is 7.51. The van der Waals surface area contributed by atoms with Gasteiger partial charge in [-0.3, -0.25) is 9.59 Å². The van der Waals surface area contributed by atoms with Gasteiger partial charge in [0.1, 0.15) is 0 Å². The van der Waals surface area contributed by atoms with E-state index in [9.17, 15) is 9.59 Å². The Hall–Kier alpha value is -0.860. The minimum atomic E-state index is -0.176. The summed E-state index contributed by atoms with van der Waals surface area (Å²) in [5.74, 6) is 1.08. The highest BCUT2D eigenvalue weighted by molar-refractivity contribution is 5.87. The van der Waals surface area contributed by atoms with E-state index in [-0.39, 0.29) is 17.7 Å². The molecule has 1 saturated heterocycles. The molecule has 1 aliphatic heterocycles. The first kappa shape index (κ1) is 13.2. The highest BCUT2D eigenvalue weighted by Crippen LogP contribution is 2.32. The van der Waals surface area contributed by atoms with Crippen LogP contribution in [0.1, 0.15) is 47.0 Å². The van der Waals surface area contributed by atoms with Crippen LogP contribution in [0, 0.1) is 11.8 Å². The lowest BCUT2D eigenvalue weighted by Crippen LogP contribution is -2.53. The average Bonchev–Trinajstić information content (AvgIpc) is 2.26. The lowest BCUT2D eigenvalue weighted by molar-refractivity contribution is -0.143. The van der Waals surface area contributed by atoms with Crippen molar-refractivity contribution in [2.24, 2.45) is 11.8 Å². The molecule has 1 rings (SSSR count). The van der Waals surface area contributed by atoms with Crippen LogP contribution < -0.4 is 0 Å². The summed E-state index contributed by atoms with van der Waals surface area (Å²) in [6, 6.07) is -0.176. The summed E-state index contributed by atoms with van der Waals surface area (Å²) in [7, 11) is 0. The van der Waals surface area contributed by atoms with Gasteiger partial charge in [0.2, 0.25) is 5.91 Å². The van der Waals surface area contributed by atoms with Crippen LogP contribution >= 0.6 is 0 Å². The second-order valence-corrected chi connectivity index (χ2v) is 4.91. The molecule has 0 aromatic heterocycles. The molecule has 1 aliphatic rings. The molecule has 1 amide bonds. The van der Waals surface area contributed by atoms with E-state index < -0.39 is 0 Å². The summed E-state index contributed by atoms with van der Waals surface area (Å²) >= 11 is 0. The second-order valence-electron chi connectivity index (χ2n) is 4.91. The molecule has 1 heterocycles. The minimum Gasteiger partial charge on any atom is -0.332 e. The number of Topliss-reactive ketones (excluding diaryl/α,β-unsaturated/α-hetero) is 1. The third-order valence-electron chi connectivity index (χ3n) is 3.80. The van der Waals surface area contributed by atoms with Gasteiger partial charge in [0.15, 0.2) is 5.78 Å². The van der Waals surface area contributed by atoms with Crippen LogP contribution in [-0.2, 0) is 9.59 Å². The van der Waals surface area contributed by atoms with Crippen LogP contribution in [0.2, 0.25) is 0 Å². The monoisotopic (exact) mass is 225 g/mol. The number of carbonyl (C=O) groups is 2. The van der Waals surface area contributed by atoms with Gasteiger partial charge in [-0.2, -0.15) is 0 Å². The third kappa shape index (κ3) is 2.63. The van der Waals surface area contributed by atoms with Crippen molar-refractivity contribution in [2.75, 3.05) is 6.54 Å². The van der Waals surface area contributed by atoms with E-state index in [1.54, 1.807) is 18.7 Å². The van der Waals surface area contributed by atoms with E-state index in [0.717, 1.165) is 25.8 Å². The maximum Gasteiger partial charge on any atom is 0.220 e. The van der Waals surface area contributed by atoms with Crippen molar-refractivity contribution in [1.29, 1.82) is 0 Å². The molecular formula is C13H23NO2. The highest BCUT2D eigenvalue weighted by atomic mass is 16.2. The molecular weight excluding hydrogens is 202 g/mol. The maximum atomic E-state index is 11.7. The molecule has 0 aromatic rings. The number of nitrogens with zero attached hydrogens (tertiary/aromatic N) is 1. The Morgan fingerprint density at radius 1 is 1.19 bits per heavy atom. The lowest BCUT2D eigenvalue weighted by atomic mass is 9.79. The average molecular weight is 225 g/mol. The fourth-order valence-corrected chi connectivity index (χ4v) is 2.84. The van der Waals surface area contributed by atoms with Gasteiger partial charge in [-0.05, 0) is 25.2 Å². The number of rotatable bonds is 3. The van der Waals surface area contributed by atoms with Crippen molar-refractivity contribution in [2.45, 2.75) is 53.0 Å². The molecule has 0 spiro atoms. The summed E-state index contributed by atoms with van der Waals surface area (Å²) in [5, 5.41) is 0. The van der Waals surface area contributed by atoms with Gasteiger partial charge in [-0.25, -0.2) is 0 Å². The molecule has 0 saturated carbocycles. The quantitative estimate of drug-likeness (QED) is 0.738. The molecule has 1 fully saturated rings. The molecule has 0 aromatic carbocycles. The summed E-state index contributed by atoms with van der Waals surface area (Å²) in [6.07, 6.45) is 3.15. The van der Waals surface area contributed by atoms with Crippen LogP contribution in [0.15, 0.2) is 0 Å². The highest BCUT2D eigenvalue weighted by Gasteiger charge is 2.38. The van der Waals surface area contributed by atoms with Gasteiger partial charge in [0.05, 0.1) is 6.04 Å². The number of piperidine rings is 1. The van der Waals surface area contributed by atoms with Gasteiger partial charge in [-0.1, -0.05) is 26.7 Å². The minimum absolute atomic E-state index is 0.0387. The molecule has 2 unspecified atom stereocenters. The zero-order valence-corrected chi connectivity index (χ0v) is 10.8. The number of hydrogen-bond donors (Lipinski definition) is 0. The Labute approximate surface area is 98.2 Å². The zero-order chi connectivity index (χ0) is 12.3. The van der Waals surface area contributed by atoms with E-state index in [0.29, 0.717) is 11.8 Å². The van der Waals surface area contributed by atoms with Crippen molar-refractivity contribution in [3.05, 3.63) is 0 Å². The number of amides is 1. The molecule has 3 nitrogen and oxygen atoms in total. The molecule has 0 bridgehead atoms. The summed E-state index contributed by atoms with van der Waals surface area (Å²) in [4.78, 5) is 25.1. The van der Waals surface area contributed by atoms with Gasteiger partial charge in [-0.15, -0.1) is 0 Å². The number of carbonyl (C=O) groups excluding carboxylic acids is 2. The van der Waals surface area contributed by atoms with Crippen molar-refractivity contribution in [3.8, 4) is 0 Å². The van der Waals surface area contributed by atoms with E-state index in [2.05, 4.69) is 13.8 Å². The zero-order valence-electron chi connectivity index (χ0n) is 10.8. The van der Waals surface area contributed by atoms with Crippen molar-refractivity contribution >= 4 is 11.7 Å².